The first kappa shape index (κ1) is 9.39. The summed E-state index contributed by atoms with van der Waals surface area (Å²) >= 11 is 1.43. The van der Waals surface area contributed by atoms with Gasteiger partial charge in [0.05, 0.1) is 10.2 Å². The molecule has 74 valence electrons. The molecule has 5 heteroatoms. The van der Waals surface area contributed by atoms with Crippen LogP contribution in [0.4, 0.5) is 0 Å². The number of aromatic nitrogens is 1. The molecule has 1 aromatic carbocycles. The number of phenolic OH excluding ortho intramolecular Hbond substituents is 1. The number of aliphatic hydroxyl groups is 1. The Kier molecular flexibility index (Phi) is 2.37. The van der Waals surface area contributed by atoms with Gasteiger partial charge in [-0.1, -0.05) is 6.07 Å². The van der Waals surface area contributed by atoms with Crippen molar-refractivity contribution in [3.8, 4) is 5.75 Å². The van der Waals surface area contributed by atoms with Crippen molar-refractivity contribution < 1.29 is 10.2 Å². The van der Waals surface area contributed by atoms with Gasteiger partial charge in [0.15, 0.2) is 0 Å². The van der Waals surface area contributed by atoms with Crippen LogP contribution >= 0.6 is 11.3 Å². The first-order valence-corrected chi connectivity index (χ1v) is 5.04. The van der Waals surface area contributed by atoms with E-state index in [2.05, 4.69) is 4.98 Å². The molecule has 14 heavy (non-hydrogen) atoms. The van der Waals surface area contributed by atoms with Crippen LogP contribution in [0, 0.1) is 0 Å². The zero-order valence-corrected chi connectivity index (χ0v) is 8.16. The zero-order valence-electron chi connectivity index (χ0n) is 7.34. The van der Waals surface area contributed by atoms with E-state index in [9.17, 15) is 5.11 Å². The van der Waals surface area contributed by atoms with Crippen molar-refractivity contribution in [1.29, 1.82) is 0 Å². The Balaban J connectivity index is 2.55. The van der Waals surface area contributed by atoms with Crippen LogP contribution in [0.25, 0.3) is 10.2 Å². The number of nitrogens with zero attached hydrogens (tertiary/aromatic N) is 1. The molecule has 4 nitrogen and oxygen atoms in total. The summed E-state index contributed by atoms with van der Waals surface area (Å²) in [5.41, 5.74) is 8.45. The third-order valence-corrected chi connectivity index (χ3v) is 2.88. The van der Waals surface area contributed by atoms with Crippen LogP contribution in [0.5, 0.6) is 5.75 Å². The van der Waals surface area contributed by atoms with E-state index in [4.69, 9.17) is 10.8 Å². The van der Waals surface area contributed by atoms with Crippen LogP contribution in [0.2, 0.25) is 0 Å². The van der Waals surface area contributed by atoms with Crippen LogP contribution in [0.15, 0.2) is 17.6 Å². The Morgan fingerprint density at radius 2 is 2.29 bits per heavy atom. The molecule has 1 aromatic heterocycles. The lowest BCUT2D eigenvalue weighted by atomic mass is 10.1. The predicted octanol–water partition coefficient (Wildman–Crippen LogP) is 0.821. The third-order valence-electron chi connectivity index (χ3n) is 1.97. The van der Waals surface area contributed by atoms with E-state index in [1.54, 1.807) is 17.6 Å². The molecule has 4 N–H and O–H groups in total. The molecule has 0 aliphatic heterocycles. The Labute approximate surface area is 84.6 Å². The maximum atomic E-state index is 9.47. The molecule has 0 bridgehead atoms. The number of aliphatic hydroxyl groups excluding tert-OH is 1. The summed E-state index contributed by atoms with van der Waals surface area (Å²) < 4.78 is 0.884. The van der Waals surface area contributed by atoms with E-state index < -0.39 is 6.23 Å². The van der Waals surface area contributed by atoms with E-state index in [0.717, 1.165) is 10.3 Å². The first-order chi connectivity index (χ1) is 6.68. The number of thiazole rings is 1. The third kappa shape index (κ3) is 1.57. The highest BCUT2D eigenvalue weighted by molar-refractivity contribution is 7.17. The largest absolute Gasteiger partial charge is 0.506 e. The van der Waals surface area contributed by atoms with Crippen molar-refractivity contribution in [2.45, 2.75) is 12.6 Å². The van der Waals surface area contributed by atoms with E-state index in [-0.39, 0.29) is 5.75 Å². The number of aromatic hydroxyl groups is 1. The van der Waals surface area contributed by atoms with Crippen LogP contribution in [0.3, 0.4) is 0 Å². The predicted molar refractivity (Wildman–Crippen MR) is 55.2 cm³/mol. The van der Waals surface area contributed by atoms with Gasteiger partial charge in [-0.15, -0.1) is 11.3 Å². The molecule has 2 rings (SSSR count). The van der Waals surface area contributed by atoms with Crippen LogP contribution in [0.1, 0.15) is 5.56 Å². The smallest absolute Gasteiger partial charge is 0.142 e. The summed E-state index contributed by atoms with van der Waals surface area (Å²) in [6.07, 6.45) is -0.497. The topological polar surface area (TPSA) is 79.4 Å². The highest BCUT2D eigenvalue weighted by atomic mass is 32.1. The van der Waals surface area contributed by atoms with Crippen molar-refractivity contribution in [3.63, 3.8) is 0 Å². The van der Waals surface area contributed by atoms with Gasteiger partial charge in [0.25, 0.3) is 0 Å². The first-order valence-electron chi connectivity index (χ1n) is 4.16. The van der Waals surface area contributed by atoms with Crippen LogP contribution in [-0.4, -0.2) is 21.4 Å². The van der Waals surface area contributed by atoms with E-state index in [1.807, 2.05) is 0 Å². The molecule has 1 heterocycles. The number of hydrogen-bond donors (Lipinski definition) is 3. The van der Waals surface area contributed by atoms with E-state index in [0.29, 0.717) is 11.9 Å². The van der Waals surface area contributed by atoms with Gasteiger partial charge in [0.1, 0.15) is 17.5 Å². The maximum Gasteiger partial charge on any atom is 0.142 e. The SMILES string of the molecule is NC(O)Cc1ccc(O)c2ncsc12. The summed E-state index contributed by atoms with van der Waals surface area (Å²) in [6, 6.07) is 3.33. The Morgan fingerprint density at radius 1 is 1.50 bits per heavy atom. The molecule has 0 saturated carbocycles. The molecule has 0 amide bonds. The molecular weight excluding hydrogens is 200 g/mol. The molecule has 0 saturated heterocycles. The lowest BCUT2D eigenvalue weighted by molar-refractivity contribution is 0.183. The van der Waals surface area contributed by atoms with Gasteiger partial charge in [0.2, 0.25) is 0 Å². The number of fused-ring (bicyclic) bond motifs is 1. The summed E-state index contributed by atoms with van der Waals surface area (Å²) in [6.45, 7) is 0. The summed E-state index contributed by atoms with van der Waals surface area (Å²) in [4.78, 5) is 4.03. The molecule has 1 atom stereocenters. The van der Waals surface area contributed by atoms with Gasteiger partial charge in [-0.25, -0.2) is 4.98 Å². The number of benzene rings is 1. The Morgan fingerprint density at radius 3 is 3.00 bits per heavy atom. The maximum absolute atomic E-state index is 9.47. The fraction of sp³-hybridized carbons (Fsp3) is 0.222. The number of hydrogen-bond acceptors (Lipinski definition) is 5. The fourth-order valence-electron chi connectivity index (χ4n) is 1.38. The second-order valence-corrected chi connectivity index (χ2v) is 3.90. The molecule has 2 aromatic rings. The van der Waals surface area contributed by atoms with Crippen molar-refractivity contribution in [2.24, 2.45) is 5.73 Å². The normalized spacial score (nSPS) is 13.3. The summed E-state index contributed by atoms with van der Waals surface area (Å²) in [5.74, 6) is 0.163. The highest BCUT2D eigenvalue weighted by Gasteiger charge is 2.09. The molecule has 0 spiro atoms. The number of nitrogens with two attached hydrogens (primary N) is 1. The highest BCUT2D eigenvalue weighted by Crippen LogP contribution is 2.29. The molecular formula is C9H10N2O2S. The van der Waals surface area contributed by atoms with Crippen LogP contribution < -0.4 is 5.73 Å². The van der Waals surface area contributed by atoms with E-state index >= 15 is 0 Å². The second kappa shape index (κ2) is 3.53. The molecule has 0 aliphatic rings. The lowest BCUT2D eigenvalue weighted by Crippen LogP contribution is -2.21. The minimum atomic E-state index is -0.871. The summed E-state index contributed by atoms with van der Waals surface area (Å²) in [7, 11) is 0. The van der Waals surface area contributed by atoms with Gasteiger partial charge >= 0.3 is 0 Å². The van der Waals surface area contributed by atoms with Crippen molar-refractivity contribution in [3.05, 3.63) is 23.2 Å². The molecule has 0 radical (unpaired) electrons. The monoisotopic (exact) mass is 210 g/mol. The molecule has 0 fully saturated rings. The minimum absolute atomic E-state index is 0.163. The van der Waals surface area contributed by atoms with Gasteiger partial charge in [-0.05, 0) is 11.6 Å². The Hall–Kier alpha value is -1.17. The zero-order chi connectivity index (χ0) is 10.1. The second-order valence-electron chi connectivity index (χ2n) is 3.05. The van der Waals surface area contributed by atoms with Crippen LogP contribution in [-0.2, 0) is 6.42 Å². The van der Waals surface area contributed by atoms with Gasteiger partial charge < -0.3 is 15.9 Å². The van der Waals surface area contributed by atoms with Crippen molar-refractivity contribution >= 4 is 21.6 Å². The van der Waals surface area contributed by atoms with Gasteiger partial charge in [-0.3, -0.25) is 0 Å². The molecule has 0 aliphatic carbocycles. The summed E-state index contributed by atoms with van der Waals surface area (Å²) in [5, 5.41) is 18.5. The van der Waals surface area contributed by atoms with Gasteiger partial charge in [0, 0.05) is 6.42 Å². The Bertz CT molecular complexity index is 453. The van der Waals surface area contributed by atoms with E-state index in [1.165, 1.54) is 11.3 Å². The fourth-order valence-corrected chi connectivity index (χ4v) is 2.21. The number of rotatable bonds is 2. The number of phenols is 1. The standard InChI is InChI=1S/C9H10N2O2S/c10-7(13)3-5-1-2-6(12)8-9(5)14-4-11-8/h1-2,4,7,12-13H,3,10H2. The average molecular weight is 210 g/mol. The average Bonchev–Trinajstić information content (AvgIpc) is 2.58. The van der Waals surface area contributed by atoms with Crippen molar-refractivity contribution in [1.82, 2.24) is 4.98 Å². The minimum Gasteiger partial charge on any atom is -0.506 e. The van der Waals surface area contributed by atoms with Crippen molar-refractivity contribution in [2.75, 3.05) is 0 Å². The van der Waals surface area contributed by atoms with Gasteiger partial charge in [-0.2, -0.15) is 0 Å². The molecule has 1 unspecified atom stereocenters. The lowest BCUT2D eigenvalue weighted by Gasteiger charge is -2.05. The quantitative estimate of drug-likeness (QED) is 0.641.